The van der Waals surface area contributed by atoms with E-state index >= 15 is 0 Å². The predicted octanol–water partition coefficient (Wildman–Crippen LogP) is 0.838. The maximum absolute atomic E-state index is 14.0. The number of aliphatic hydroxyl groups is 4. The fourth-order valence-corrected chi connectivity index (χ4v) is 6.83. The lowest BCUT2D eigenvalue weighted by atomic mass is 9.54. The SMILES string of the molecule is CC1c2ccc(CC3CCC3)c(O)c2C(O)=C2C(=O)C3(O)C(O)=C(C(N)=O)C(=O)C(N(C)C)C3C(O)C21. The molecule has 10 heteroatoms. The number of Topliss-reactive ketones (excluding diaryl/α,β-unsaturated/α-hetero) is 2. The molecule has 0 radical (unpaired) electrons. The average molecular weight is 513 g/mol. The van der Waals surface area contributed by atoms with Gasteiger partial charge in [-0.25, -0.2) is 0 Å². The molecule has 5 rings (SSSR count). The maximum atomic E-state index is 14.0. The van der Waals surface area contributed by atoms with Crippen LogP contribution in [0, 0.1) is 17.8 Å². The number of nitrogens with two attached hydrogens (primary N) is 1. The number of hydrogen-bond donors (Lipinski definition) is 6. The van der Waals surface area contributed by atoms with E-state index in [4.69, 9.17) is 5.73 Å². The van der Waals surface area contributed by atoms with Crippen LogP contribution in [-0.4, -0.2) is 79.7 Å². The van der Waals surface area contributed by atoms with E-state index in [2.05, 4.69) is 0 Å². The number of primary amides is 1. The Labute approximate surface area is 213 Å². The summed E-state index contributed by atoms with van der Waals surface area (Å²) in [7, 11) is 2.95. The molecule has 198 valence electrons. The second-order valence-corrected chi connectivity index (χ2v) is 11.1. The van der Waals surface area contributed by atoms with Crippen LogP contribution in [0.3, 0.4) is 0 Å². The van der Waals surface area contributed by atoms with E-state index < -0.39 is 70.1 Å². The predicted molar refractivity (Wildman–Crippen MR) is 131 cm³/mol. The van der Waals surface area contributed by atoms with Crippen molar-refractivity contribution in [2.45, 2.75) is 56.3 Å². The summed E-state index contributed by atoms with van der Waals surface area (Å²) in [4.78, 5) is 40.6. The lowest BCUT2D eigenvalue weighted by Gasteiger charge is -2.53. The van der Waals surface area contributed by atoms with Gasteiger partial charge in [0.05, 0.1) is 23.6 Å². The molecule has 1 aromatic carbocycles. The topological polar surface area (TPSA) is 182 Å². The van der Waals surface area contributed by atoms with Crippen LogP contribution >= 0.6 is 0 Å². The van der Waals surface area contributed by atoms with Crippen molar-refractivity contribution in [2.24, 2.45) is 23.5 Å². The highest BCUT2D eigenvalue weighted by Gasteiger charge is 2.68. The summed E-state index contributed by atoms with van der Waals surface area (Å²) in [5.74, 6) is -8.20. The van der Waals surface area contributed by atoms with Crippen LogP contribution in [0.5, 0.6) is 5.75 Å². The van der Waals surface area contributed by atoms with E-state index in [0.29, 0.717) is 23.5 Å². The molecule has 1 amide bonds. The van der Waals surface area contributed by atoms with Crippen LogP contribution in [0.4, 0.5) is 0 Å². The van der Waals surface area contributed by atoms with Gasteiger partial charge in [0.25, 0.3) is 5.91 Å². The van der Waals surface area contributed by atoms with E-state index in [9.17, 15) is 39.9 Å². The van der Waals surface area contributed by atoms with Crippen molar-refractivity contribution in [3.05, 3.63) is 45.7 Å². The van der Waals surface area contributed by atoms with E-state index in [1.165, 1.54) is 19.0 Å². The summed E-state index contributed by atoms with van der Waals surface area (Å²) in [6.45, 7) is 1.72. The standard InChI is InChI=1S/C27H32N2O8/c1-10-13-8-7-12(9-11-5-4-6-11)20(30)15(13)21(31)16-14(10)22(32)18-19(29(2)3)23(33)17(26(28)36)25(35)27(18,37)24(16)34/h7-8,10-11,14,18-19,22,30-32,35,37H,4-6,9H2,1-3H3,(H2,28,36). The highest BCUT2D eigenvalue weighted by molar-refractivity contribution is 6.24. The third-order valence-electron chi connectivity index (χ3n) is 8.95. The zero-order valence-corrected chi connectivity index (χ0v) is 20.9. The molecule has 0 bridgehead atoms. The van der Waals surface area contributed by atoms with Crippen molar-refractivity contribution in [3.8, 4) is 5.75 Å². The van der Waals surface area contributed by atoms with Crippen LogP contribution in [0.2, 0.25) is 0 Å². The van der Waals surface area contributed by atoms with Gasteiger partial charge in [0.2, 0.25) is 5.78 Å². The fraction of sp³-hybridized carbons (Fsp3) is 0.519. The van der Waals surface area contributed by atoms with Gasteiger partial charge in [0.1, 0.15) is 22.8 Å². The van der Waals surface area contributed by atoms with Gasteiger partial charge in [-0.3, -0.25) is 19.3 Å². The second kappa shape index (κ2) is 8.41. The van der Waals surface area contributed by atoms with Crippen LogP contribution < -0.4 is 5.73 Å². The molecular formula is C27H32N2O8. The molecule has 4 aliphatic carbocycles. The van der Waals surface area contributed by atoms with Crippen molar-refractivity contribution in [3.63, 3.8) is 0 Å². The molecule has 1 aromatic rings. The quantitative estimate of drug-likeness (QED) is 0.318. The van der Waals surface area contributed by atoms with Gasteiger partial charge in [0.15, 0.2) is 11.4 Å². The average Bonchev–Trinajstić information content (AvgIpc) is 2.79. The molecular weight excluding hydrogens is 480 g/mol. The van der Waals surface area contributed by atoms with E-state index in [1.54, 1.807) is 19.1 Å². The highest BCUT2D eigenvalue weighted by atomic mass is 16.4. The molecule has 6 unspecified atom stereocenters. The van der Waals surface area contributed by atoms with Gasteiger partial charge in [-0.2, -0.15) is 0 Å². The van der Waals surface area contributed by atoms with Crippen LogP contribution in [0.1, 0.15) is 48.8 Å². The monoisotopic (exact) mass is 512 g/mol. The minimum Gasteiger partial charge on any atom is -0.508 e. The molecule has 0 aromatic heterocycles. The Kier molecular flexibility index (Phi) is 5.78. The summed E-state index contributed by atoms with van der Waals surface area (Å²) in [6.07, 6.45) is 2.23. The number of aliphatic hydroxyl groups excluding tert-OH is 3. The fourth-order valence-electron chi connectivity index (χ4n) is 6.83. The van der Waals surface area contributed by atoms with Crippen LogP contribution in [0.25, 0.3) is 5.76 Å². The summed E-state index contributed by atoms with van der Waals surface area (Å²) in [6, 6.07) is 2.18. The number of hydrogen-bond acceptors (Lipinski definition) is 9. The Morgan fingerprint density at radius 1 is 1.16 bits per heavy atom. The van der Waals surface area contributed by atoms with Gasteiger partial charge >= 0.3 is 0 Å². The number of likely N-dealkylation sites (N-methyl/N-ethyl adjacent to an activating group) is 1. The van der Waals surface area contributed by atoms with Crippen LogP contribution in [-0.2, 0) is 20.8 Å². The lowest BCUT2D eigenvalue weighted by molar-refractivity contribution is -0.169. The third-order valence-corrected chi connectivity index (χ3v) is 8.95. The smallest absolute Gasteiger partial charge is 0.255 e. The number of ketones is 2. The van der Waals surface area contributed by atoms with Gasteiger partial charge < -0.3 is 31.3 Å². The Hall–Kier alpha value is -3.21. The number of fused-ring (bicyclic) bond motifs is 3. The lowest BCUT2D eigenvalue weighted by Crippen LogP contribution is -2.70. The summed E-state index contributed by atoms with van der Waals surface area (Å²) < 4.78 is 0. The van der Waals surface area contributed by atoms with Crippen molar-refractivity contribution in [1.29, 1.82) is 0 Å². The van der Waals surface area contributed by atoms with Crippen molar-refractivity contribution in [1.82, 2.24) is 4.90 Å². The number of amides is 1. The van der Waals surface area contributed by atoms with Gasteiger partial charge in [0, 0.05) is 11.5 Å². The Morgan fingerprint density at radius 3 is 2.35 bits per heavy atom. The number of phenols is 1. The third kappa shape index (κ3) is 3.25. The normalized spacial score (nSPS) is 33.7. The van der Waals surface area contributed by atoms with Gasteiger partial charge in [-0.1, -0.05) is 38.3 Å². The van der Waals surface area contributed by atoms with Crippen molar-refractivity contribution in [2.75, 3.05) is 14.1 Å². The molecule has 10 nitrogen and oxygen atoms in total. The van der Waals surface area contributed by atoms with Crippen molar-refractivity contribution < 1.29 is 39.9 Å². The number of phenolic OH excluding ortho intramolecular Hbond substituents is 1. The Morgan fingerprint density at radius 2 is 1.81 bits per heavy atom. The minimum absolute atomic E-state index is 0.0489. The molecule has 0 heterocycles. The van der Waals surface area contributed by atoms with Gasteiger partial charge in [-0.15, -0.1) is 0 Å². The van der Waals surface area contributed by atoms with E-state index in [-0.39, 0.29) is 16.9 Å². The Balaban J connectivity index is 1.74. The highest BCUT2D eigenvalue weighted by Crippen LogP contribution is 2.56. The first-order valence-corrected chi connectivity index (χ1v) is 12.5. The molecule has 2 saturated carbocycles. The summed E-state index contributed by atoms with van der Waals surface area (Å²) in [5, 5.41) is 56.8. The zero-order chi connectivity index (χ0) is 27.1. The first-order valence-electron chi connectivity index (χ1n) is 12.5. The molecule has 7 N–H and O–H groups in total. The molecule has 0 saturated heterocycles. The molecule has 2 fully saturated rings. The van der Waals surface area contributed by atoms with Crippen molar-refractivity contribution >= 4 is 23.2 Å². The molecule has 0 spiro atoms. The van der Waals surface area contributed by atoms with Crippen LogP contribution in [0.15, 0.2) is 29.0 Å². The molecule has 4 aliphatic rings. The van der Waals surface area contributed by atoms with E-state index in [1.807, 2.05) is 0 Å². The number of carbonyl (C=O) groups is 3. The maximum Gasteiger partial charge on any atom is 0.255 e. The number of nitrogens with zero attached hydrogens (tertiary/aromatic N) is 1. The first-order chi connectivity index (χ1) is 17.3. The zero-order valence-electron chi connectivity index (χ0n) is 20.9. The molecule has 6 atom stereocenters. The van der Waals surface area contributed by atoms with E-state index in [0.717, 1.165) is 19.3 Å². The molecule has 0 aliphatic heterocycles. The summed E-state index contributed by atoms with van der Waals surface area (Å²) >= 11 is 0. The number of rotatable bonds is 4. The van der Waals surface area contributed by atoms with Gasteiger partial charge in [-0.05, 0) is 43.5 Å². The minimum atomic E-state index is -2.90. The number of carbonyl (C=O) groups excluding carboxylic acids is 3. The largest absolute Gasteiger partial charge is 0.508 e. The number of benzene rings is 1. The molecule has 37 heavy (non-hydrogen) atoms. The second-order valence-electron chi connectivity index (χ2n) is 11.1. The first kappa shape index (κ1) is 25.4. The Bertz CT molecular complexity index is 1290. The summed E-state index contributed by atoms with van der Waals surface area (Å²) in [5.41, 5.74) is 2.32. The number of aromatic hydroxyl groups is 1.